The van der Waals surface area contributed by atoms with Crippen LogP contribution < -0.4 is 10.2 Å². The van der Waals surface area contributed by atoms with Crippen molar-refractivity contribution in [1.82, 2.24) is 5.32 Å². The van der Waals surface area contributed by atoms with Crippen molar-refractivity contribution in [3.63, 3.8) is 0 Å². The minimum atomic E-state index is 0.543. The minimum Gasteiger partial charge on any atom is -0.372 e. The van der Waals surface area contributed by atoms with Gasteiger partial charge in [-0.2, -0.15) is 0 Å². The molecule has 0 spiro atoms. The Bertz CT molecular complexity index is 316. The zero-order chi connectivity index (χ0) is 13.4. The fourth-order valence-electron chi connectivity index (χ4n) is 1.97. The first kappa shape index (κ1) is 15.0. The number of rotatable bonds is 8. The van der Waals surface area contributed by atoms with Crippen LogP contribution in [0.2, 0.25) is 0 Å². The molecule has 0 aliphatic heterocycles. The van der Waals surface area contributed by atoms with Crippen LogP contribution in [-0.4, -0.2) is 19.1 Å². The van der Waals surface area contributed by atoms with E-state index in [2.05, 4.69) is 62.2 Å². The van der Waals surface area contributed by atoms with Crippen LogP contribution in [0.5, 0.6) is 0 Å². The molecule has 0 aliphatic rings. The number of anilines is 1. The van der Waals surface area contributed by atoms with Gasteiger partial charge in [0.15, 0.2) is 0 Å². The molecule has 0 unspecified atom stereocenters. The molecule has 1 rings (SSSR count). The van der Waals surface area contributed by atoms with Crippen LogP contribution in [0.25, 0.3) is 0 Å². The number of benzene rings is 1. The third-order valence-corrected chi connectivity index (χ3v) is 3.18. The third kappa shape index (κ3) is 5.09. The Morgan fingerprint density at radius 3 is 2.28 bits per heavy atom. The summed E-state index contributed by atoms with van der Waals surface area (Å²) in [6.07, 6.45) is 2.53. The summed E-state index contributed by atoms with van der Waals surface area (Å²) in [6, 6.07) is 9.51. The van der Waals surface area contributed by atoms with Crippen molar-refractivity contribution in [1.29, 1.82) is 0 Å². The van der Waals surface area contributed by atoms with Crippen LogP contribution in [0.1, 0.15) is 46.1 Å². The van der Waals surface area contributed by atoms with E-state index in [9.17, 15) is 0 Å². The Labute approximate surface area is 112 Å². The van der Waals surface area contributed by atoms with Gasteiger partial charge in [0.2, 0.25) is 0 Å². The van der Waals surface area contributed by atoms with Gasteiger partial charge >= 0.3 is 0 Å². The first-order chi connectivity index (χ1) is 8.67. The molecule has 0 fully saturated rings. The van der Waals surface area contributed by atoms with Gasteiger partial charge in [0.1, 0.15) is 0 Å². The summed E-state index contributed by atoms with van der Waals surface area (Å²) in [5.41, 5.74) is 2.71. The molecule has 0 amide bonds. The van der Waals surface area contributed by atoms with Crippen LogP contribution in [-0.2, 0) is 6.54 Å². The van der Waals surface area contributed by atoms with E-state index in [1.807, 2.05) is 0 Å². The highest BCUT2D eigenvalue weighted by molar-refractivity contribution is 5.47. The van der Waals surface area contributed by atoms with Gasteiger partial charge in [-0.15, -0.1) is 0 Å². The van der Waals surface area contributed by atoms with Gasteiger partial charge in [0, 0.05) is 31.4 Å². The standard InChI is InChI=1S/C16H28N2/c1-5-7-12-18(6-2)16-10-8-15(9-11-16)13-17-14(3)4/h8-11,14,17H,5-7,12-13H2,1-4H3. The second-order valence-corrected chi connectivity index (χ2v) is 5.14. The monoisotopic (exact) mass is 248 g/mol. The van der Waals surface area contributed by atoms with Crippen LogP contribution in [0.15, 0.2) is 24.3 Å². The average Bonchev–Trinajstić information content (AvgIpc) is 2.38. The molecule has 0 bridgehead atoms. The van der Waals surface area contributed by atoms with Crippen molar-refractivity contribution in [3.8, 4) is 0 Å². The van der Waals surface area contributed by atoms with E-state index >= 15 is 0 Å². The lowest BCUT2D eigenvalue weighted by atomic mass is 10.1. The Morgan fingerprint density at radius 2 is 1.78 bits per heavy atom. The average molecular weight is 248 g/mol. The molecule has 1 N–H and O–H groups in total. The van der Waals surface area contributed by atoms with E-state index in [0.29, 0.717) is 6.04 Å². The van der Waals surface area contributed by atoms with Crippen molar-refractivity contribution in [2.45, 2.75) is 53.1 Å². The zero-order valence-electron chi connectivity index (χ0n) is 12.4. The summed E-state index contributed by atoms with van der Waals surface area (Å²) in [5, 5.41) is 3.45. The molecule has 1 aromatic rings. The van der Waals surface area contributed by atoms with Crippen molar-refractivity contribution in [2.75, 3.05) is 18.0 Å². The number of nitrogens with zero attached hydrogens (tertiary/aromatic N) is 1. The number of unbranched alkanes of at least 4 members (excludes halogenated alkanes) is 1. The van der Waals surface area contributed by atoms with Crippen LogP contribution in [0.3, 0.4) is 0 Å². The van der Waals surface area contributed by atoms with Gasteiger partial charge in [-0.05, 0) is 31.0 Å². The number of hydrogen-bond acceptors (Lipinski definition) is 2. The molecule has 0 aliphatic carbocycles. The van der Waals surface area contributed by atoms with Crippen molar-refractivity contribution in [3.05, 3.63) is 29.8 Å². The third-order valence-electron chi connectivity index (χ3n) is 3.18. The SMILES string of the molecule is CCCCN(CC)c1ccc(CNC(C)C)cc1. The number of hydrogen-bond donors (Lipinski definition) is 1. The molecule has 18 heavy (non-hydrogen) atoms. The molecular weight excluding hydrogens is 220 g/mol. The van der Waals surface area contributed by atoms with E-state index in [0.717, 1.165) is 19.6 Å². The molecule has 0 heterocycles. The molecule has 102 valence electrons. The number of nitrogens with one attached hydrogen (secondary N) is 1. The zero-order valence-corrected chi connectivity index (χ0v) is 12.4. The molecule has 1 aromatic carbocycles. The van der Waals surface area contributed by atoms with E-state index in [1.54, 1.807) is 0 Å². The quantitative estimate of drug-likeness (QED) is 0.752. The fraction of sp³-hybridized carbons (Fsp3) is 0.625. The molecule has 0 aromatic heterocycles. The van der Waals surface area contributed by atoms with E-state index in [1.165, 1.54) is 24.1 Å². The van der Waals surface area contributed by atoms with Crippen LogP contribution in [0.4, 0.5) is 5.69 Å². The molecule has 0 saturated heterocycles. The van der Waals surface area contributed by atoms with Crippen LogP contribution >= 0.6 is 0 Å². The Morgan fingerprint density at radius 1 is 1.11 bits per heavy atom. The molecule has 0 radical (unpaired) electrons. The van der Waals surface area contributed by atoms with Crippen LogP contribution in [0, 0.1) is 0 Å². The molecule has 2 heteroatoms. The lowest BCUT2D eigenvalue weighted by Crippen LogP contribution is -2.24. The smallest absolute Gasteiger partial charge is 0.0366 e. The van der Waals surface area contributed by atoms with Gasteiger partial charge < -0.3 is 10.2 Å². The van der Waals surface area contributed by atoms with E-state index in [-0.39, 0.29) is 0 Å². The normalized spacial score (nSPS) is 10.9. The first-order valence-corrected chi connectivity index (χ1v) is 7.24. The maximum absolute atomic E-state index is 3.45. The van der Waals surface area contributed by atoms with Gasteiger partial charge in [-0.3, -0.25) is 0 Å². The summed E-state index contributed by atoms with van der Waals surface area (Å²) in [5.74, 6) is 0. The maximum atomic E-state index is 3.45. The Hall–Kier alpha value is -1.02. The highest BCUT2D eigenvalue weighted by atomic mass is 15.1. The Balaban J connectivity index is 2.57. The summed E-state index contributed by atoms with van der Waals surface area (Å²) < 4.78 is 0. The minimum absolute atomic E-state index is 0.543. The van der Waals surface area contributed by atoms with Gasteiger partial charge in [-0.25, -0.2) is 0 Å². The molecular formula is C16H28N2. The van der Waals surface area contributed by atoms with Crippen molar-refractivity contribution < 1.29 is 0 Å². The second-order valence-electron chi connectivity index (χ2n) is 5.14. The predicted octanol–water partition coefficient (Wildman–Crippen LogP) is 3.81. The van der Waals surface area contributed by atoms with Gasteiger partial charge in [0.05, 0.1) is 0 Å². The molecule has 2 nitrogen and oxygen atoms in total. The van der Waals surface area contributed by atoms with E-state index < -0.39 is 0 Å². The largest absolute Gasteiger partial charge is 0.372 e. The lowest BCUT2D eigenvalue weighted by molar-refractivity contribution is 0.589. The van der Waals surface area contributed by atoms with Crippen molar-refractivity contribution in [2.24, 2.45) is 0 Å². The van der Waals surface area contributed by atoms with Gasteiger partial charge in [-0.1, -0.05) is 39.3 Å². The predicted molar refractivity (Wildman–Crippen MR) is 81.2 cm³/mol. The fourth-order valence-corrected chi connectivity index (χ4v) is 1.97. The van der Waals surface area contributed by atoms with E-state index in [4.69, 9.17) is 0 Å². The maximum Gasteiger partial charge on any atom is 0.0366 e. The highest BCUT2D eigenvalue weighted by Crippen LogP contribution is 2.16. The summed E-state index contributed by atoms with van der Waals surface area (Å²) in [6.45, 7) is 12.0. The van der Waals surface area contributed by atoms with Gasteiger partial charge in [0.25, 0.3) is 0 Å². The molecule has 0 saturated carbocycles. The lowest BCUT2D eigenvalue weighted by Gasteiger charge is -2.23. The summed E-state index contributed by atoms with van der Waals surface area (Å²) >= 11 is 0. The summed E-state index contributed by atoms with van der Waals surface area (Å²) in [7, 11) is 0. The topological polar surface area (TPSA) is 15.3 Å². The van der Waals surface area contributed by atoms with Crippen molar-refractivity contribution >= 4 is 5.69 Å². The Kier molecular flexibility index (Phi) is 6.81. The summed E-state index contributed by atoms with van der Waals surface area (Å²) in [4.78, 5) is 2.45. The first-order valence-electron chi connectivity index (χ1n) is 7.24. The second kappa shape index (κ2) is 8.15. The highest BCUT2D eigenvalue weighted by Gasteiger charge is 2.03. The molecule has 0 atom stereocenters.